The van der Waals surface area contributed by atoms with Crippen LogP contribution >= 0.6 is 0 Å². The van der Waals surface area contributed by atoms with Crippen molar-refractivity contribution in [2.75, 3.05) is 0 Å². The van der Waals surface area contributed by atoms with E-state index in [0.29, 0.717) is 16.1 Å². The van der Waals surface area contributed by atoms with Crippen LogP contribution in [0.5, 0.6) is 0 Å². The van der Waals surface area contributed by atoms with Crippen LogP contribution in [-0.2, 0) is 6.18 Å². The van der Waals surface area contributed by atoms with E-state index in [1.165, 1.54) is 12.1 Å². The maximum Gasteiger partial charge on any atom is 0.438 e. The lowest BCUT2D eigenvalue weighted by molar-refractivity contribution is -0.299. The smallest absolute Gasteiger partial charge is 0.362 e. The Morgan fingerprint density at radius 2 is 1.78 bits per heavy atom. The van der Waals surface area contributed by atoms with Gasteiger partial charge in [0.15, 0.2) is 17.0 Å². The van der Waals surface area contributed by atoms with E-state index < -0.39 is 47.4 Å². The van der Waals surface area contributed by atoms with Gasteiger partial charge in [-0.25, -0.2) is 14.5 Å². The number of halogens is 6. The van der Waals surface area contributed by atoms with Crippen molar-refractivity contribution in [3.05, 3.63) is 66.1 Å². The largest absolute Gasteiger partial charge is 0.438 e. The molecule has 32 heavy (non-hydrogen) atoms. The molecule has 1 amide bonds. The Bertz CT molecular complexity index is 1220. The van der Waals surface area contributed by atoms with Crippen LogP contribution in [0.15, 0.2) is 54.7 Å². The normalized spacial score (nSPS) is 19.5. The summed E-state index contributed by atoms with van der Waals surface area (Å²) < 4.78 is 81.5. The molecule has 3 heterocycles. The molecule has 7 nitrogen and oxygen atoms in total. The lowest BCUT2D eigenvalue weighted by Crippen LogP contribution is -2.60. The second-order valence-electron chi connectivity index (χ2n) is 7.04. The summed E-state index contributed by atoms with van der Waals surface area (Å²) in [5.41, 5.74) is -4.20. The minimum absolute atomic E-state index is 0.0798. The molecule has 2 aromatic heterocycles. The molecule has 168 valence electrons. The van der Waals surface area contributed by atoms with E-state index in [4.69, 9.17) is 0 Å². The molecule has 1 aliphatic rings. The van der Waals surface area contributed by atoms with Gasteiger partial charge < -0.3 is 5.11 Å². The van der Waals surface area contributed by atoms with Crippen molar-refractivity contribution >= 4 is 11.6 Å². The highest BCUT2D eigenvalue weighted by Gasteiger charge is 2.63. The molecule has 2 N–H and O–H groups in total. The Morgan fingerprint density at radius 3 is 2.38 bits per heavy atom. The first-order valence-corrected chi connectivity index (χ1v) is 8.93. The molecule has 4 rings (SSSR count). The quantitative estimate of drug-likeness (QED) is 0.576. The fourth-order valence-corrected chi connectivity index (χ4v) is 3.26. The van der Waals surface area contributed by atoms with Crippen LogP contribution in [-0.4, -0.2) is 42.5 Å². The predicted molar refractivity (Wildman–Crippen MR) is 97.5 cm³/mol. The number of fused-ring (bicyclic) bond motifs is 1. The number of carbonyl (C=O) groups excluding carboxylic acids is 1. The summed E-state index contributed by atoms with van der Waals surface area (Å²) in [5.74, 6) is -1.51. The zero-order valence-corrected chi connectivity index (χ0v) is 15.9. The van der Waals surface area contributed by atoms with E-state index in [9.17, 15) is 36.2 Å². The van der Waals surface area contributed by atoms with Gasteiger partial charge >= 0.3 is 12.4 Å². The van der Waals surface area contributed by atoms with E-state index in [-0.39, 0.29) is 16.4 Å². The van der Waals surface area contributed by atoms with Crippen LogP contribution in [0.25, 0.3) is 16.9 Å². The SMILES string of the molecule is C=C1CC(O)(C(F)(F)F)N(C(=O)c2cc3nc(-c4ccccc4)cc(C(F)(F)F)n3n2)N1. The van der Waals surface area contributed by atoms with Gasteiger partial charge in [-0.3, -0.25) is 10.2 Å². The molecule has 0 spiro atoms. The van der Waals surface area contributed by atoms with Gasteiger partial charge in [-0.15, -0.1) is 0 Å². The molecule has 0 aliphatic carbocycles. The first-order chi connectivity index (χ1) is 14.8. The van der Waals surface area contributed by atoms with E-state index in [2.05, 4.69) is 16.7 Å². The Kier molecular flexibility index (Phi) is 4.69. The van der Waals surface area contributed by atoms with Crippen LogP contribution < -0.4 is 5.43 Å². The number of nitrogens with one attached hydrogen (secondary N) is 1. The van der Waals surface area contributed by atoms with Gasteiger partial charge in [0.2, 0.25) is 0 Å². The van der Waals surface area contributed by atoms with Crippen LogP contribution in [0.1, 0.15) is 22.6 Å². The fraction of sp³-hybridized carbons (Fsp3) is 0.211. The minimum Gasteiger partial charge on any atom is -0.362 e. The second-order valence-corrected chi connectivity index (χ2v) is 7.04. The number of aliphatic hydroxyl groups is 1. The van der Waals surface area contributed by atoms with Gasteiger partial charge in [-0.1, -0.05) is 36.9 Å². The van der Waals surface area contributed by atoms with Gasteiger partial charge in [0, 0.05) is 23.7 Å². The van der Waals surface area contributed by atoms with Crippen molar-refractivity contribution in [3.63, 3.8) is 0 Å². The van der Waals surface area contributed by atoms with Crippen molar-refractivity contribution in [3.8, 4) is 11.3 Å². The van der Waals surface area contributed by atoms with E-state index >= 15 is 0 Å². The van der Waals surface area contributed by atoms with Gasteiger partial charge in [0.25, 0.3) is 11.6 Å². The average Bonchev–Trinajstić information content (AvgIpc) is 3.27. The number of nitrogens with zero attached hydrogens (tertiary/aromatic N) is 4. The number of carbonyl (C=O) groups is 1. The number of hydrogen-bond acceptors (Lipinski definition) is 5. The Hall–Kier alpha value is -3.61. The van der Waals surface area contributed by atoms with Crippen molar-refractivity contribution in [1.29, 1.82) is 0 Å². The van der Waals surface area contributed by atoms with Gasteiger partial charge in [0.1, 0.15) is 0 Å². The van der Waals surface area contributed by atoms with Gasteiger partial charge in [-0.2, -0.15) is 31.4 Å². The third-order valence-corrected chi connectivity index (χ3v) is 4.76. The lowest BCUT2D eigenvalue weighted by atomic mass is 10.1. The van der Waals surface area contributed by atoms with Gasteiger partial charge in [-0.05, 0) is 6.07 Å². The van der Waals surface area contributed by atoms with E-state index in [1.807, 2.05) is 5.43 Å². The Labute approximate surface area is 175 Å². The minimum atomic E-state index is -5.27. The average molecular weight is 457 g/mol. The zero-order chi connectivity index (χ0) is 23.5. The number of rotatable bonds is 2. The number of hydrazine groups is 1. The first kappa shape index (κ1) is 21.6. The highest BCUT2D eigenvalue weighted by Crippen LogP contribution is 2.41. The summed E-state index contributed by atoms with van der Waals surface area (Å²) in [6.45, 7) is 3.27. The summed E-state index contributed by atoms with van der Waals surface area (Å²) in [6.07, 6.45) is -11.2. The molecule has 1 aromatic carbocycles. The fourth-order valence-electron chi connectivity index (χ4n) is 3.26. The molecule has 3 aromatic rings. The molecule has 1 aliphatic heterocycles. The molecule has 1 fully saturated rings. The molecule has 1 unspecified atom stereocenters. The summed E-state index contributed by atoms with van der Waals surface area (Å²) in [6, 6.07) is 9.39. The molecular formula is C19H13F6N5O2. The molecular weight excluding hydrogens is 444 g/mol. The van der Waals surface area contributed by atoms with Gasteiger partial charge in [0.05, 0.1) is 5.69 Å². The van der Waals surface area contributed by atoms with E-state index in [1.54, 1.807) is 18.2 Å². The highest BCUT2D eigenvalue weighted by atomic mass is 19.4. The summed E-state index contributed by atoms with van der Waals surface area (Å²) in [4.78, 5) is 16.8. The Morgan fingerprint density at radius 1 is 1.12 bits per heavy atom. The standard InChI is InChI=1S/C19H13F6N5O2/c1-10-9-17(32,19(23,24)25)30(27-10)16(31)13-8-15-26-12(11-5-3-2-4-6-11)7-14(18(20,21)22)29(15)28-13/h2-8,27,32H,1,9H2. The second kappa shape index (κ2) is 6.95. The lowest BCUT2D eigenvalue weighted by Gasteiger charge is -2.32. The number of alkyl halides is 6. The van der Waals surface area contributed by atoms with Crippen LogP contribution in [0.3, 0.4) is 0 Å². The molecule has 0 saturated carbocycles. The molecule has 0 bridgehead atoms. The third kappa shape index (κ3) is 3.43. The van der Waals surface area contributed by atoms with Crippen molar-refractivity contribution in [1.82, 2.24) is 25.0 Å². The Balaban J connectivity index is 1.85. The summed E-state index contributed by atoms with van der Waals surface area (Å²) >= 11 is 0. The number of aromatic nitrogens is 3. The molecule has 13 heteroatoms. The summed E-state index contributed by atoms with van der Waals surface area (Å²) in [5, 5.41) is 13.4. The number of amides is 1. The zero-order valence-electron chi connectivity index (χ0n) is 15.9. The van der Waals surface area contributed by atoms with E-state index in [0.717, 1.165) is 6.07 Å². The maximum atomic E-state index is 13.7. The monoisotopic (exact) mass is 457 g/mol. The van der Waals surface area contributed by atoms with Crippen molar-refractivity contribution in [2.45, 2.75) is 24.5 Å². The summed E-state index contributed by atoms with van der Waals surface area (Å²) in [7, 11) is 0. The highest BCUT2D eigenvalue weighted by molar-refractivity contribution is 5.94. The molecule has 1 atom stereocenters. The van der Waals surface area contributed by atoms with Crippen molar-refractivity contribution < 1.29 is 36.2 Å². The molecule has 1 saturated heterocycles. The topological polar surface area (TPSA) is 82.8 Å². The molecule has 0 radical (unpaired) electrons. The number of benzene rings is 1. The first-order valence-electron chi connectivity index (χ1n) is 8.93. The maximum absolute atomic E-state index is 13.7. The van der Waals surface area contributed by atoms with Crippen molar-refractivity contribution in [2.24, 2.45) is 0 Å². The van der Waals surface area contributed by atoms with Crippen LogP contribution in [0, 0.1) is 0 Å². The van der Waals surface area contributed by atoms with Crippen LogP contribution in [0.4, 0.5) is 26.3 Å². The third-order valence-electron chi connectivity index (χ3n) is 4.76. The number of hydrogen-bond donors (Lipinski definition) is 2. The predicted octanol–water partition coefficient (Wildman–Crippen LogP) is 3.53. The van der Waals surface area contributed by atoms with Crippen LogP contribution in [0.2, 0.25) is 0 Å².